The summed E-state index contributed by atoms with van der Waals surface area (Å²) in [5.41, 5.74) is 0.439. The van der Waals surface area contributed by atoms with Crippen molar-refractivity contribution in [2.24, 2.45) is 0 Å². The van der Waals surface area contributed by atoms with E-state index in [0.29, 0.717) is 10.7 Å². The summed E-state index contributed by atoms with van der Waals surface area (Å²) in [5.74, 6) is -1.93. The average molecular weight is 493 g/mol. The largest absolute Gasteiger partial charge is 0.456 e. The molecule has 0 aliphatic carbocycles. The molecule has 0 spiro atoms. The zero-order valence-electron chi connectivity index (χ0n) is 17.1. The van der Waals surface area contributed by atoms with Gasteiger partial charge in [-0.25, -0.2) is 0 Å². The van der Waals surface area contributed by atoms with Crippen LogP contribution in [0.2, 0.25) is 10.0 Å². The number of hydrogen-bond donors (Lipinski definition) is 2. The normalized spacial score (nSPS) is 25.2. The van der Waals surface area contributed by atoms with Gasteiger partial charge in [0.15, 0.2) is 29.7 Å². The van der Waals surface area contributed by atoms with Crippen LogP contribution in [0.1, 0.15) is 27.7 Å². The summed E-state index contributed by atoms with van der Waals surface area (Å²) < 4.78 is 21.8. The number of carbonyl (C=O) groups excluding carboxylic acids is 3. The van der Waals surface area contributed by atoms with Crippen LogP contribution in [0.15, 0.2) is 18.2 Å². The SMILES string of the molecule is CC(=O)O[C@@H]1[C@@H](OC(C)=O)[C@H](C)O[C@@H](NC(=S)Nc2cccc(Cl)c2Cl)[C@@H]1OC(C)=O. The molecule has 2 rings (SSSR count). The van der Waals surface area contributed by atoms with Gasteiger partial charge in [0, 0.05) is 20.8 Å². The van der Waals surface area contributed by atoms with Crippen molar-refractivity contribution < 1.29 is 33.3 Å². The van der Waals surface area contributed by atoms with Crippen LogP contribution in [0.25, 0.3) is 0 Å². The maximum Gasteiger partial charge on any atom is 0.303 e. The summed E-state index contributed by atoms with van der Waals surface area (Å²) in [5, 5.41) is 6.40. The van der Waals surface area contributed by atoms with Crippen LogP contribution < -0.4 is 10.6 Å². The molecule has 0 aromatic heterocycles. The second-order valence-corrected chi connectivity index (χ2v) is 7.88. The molecule has 1 aliphatic rings. The Morgan fingerprint density at radius 1 is 0.968 bits per heavy atom. The van der Waals surface area contributed by atoms with Crippen molar-refractivity contribution in [3.63, 3.8) is 0 Å². The minimum Gasteiger partial charge on any atom is -0.456 e. The Morgan fingerprint density at radius 3 is 2.10 bits per heavy atom. The molecule has 31 heavy (non-hydrogen) atoms. The summed E-state index contributed by atoms with van der Waals surface area (Å²) in [4.78, 5) is 35.0. The second kappa shape index (κ2) is 10.9. The van der Waals surface area contributed by atoms with Gasteiger partial charge in [-0.2, -0.15) is 0 Å². The first-order valence-corrected chi connectivity index (χ1v) is 10.3. The van der Waals surface area contributed by atoms with Gasteiger partial charge in [0.05, 0.1) is 21.8 Å². The molecule has 1 aromatic rings. The number of carbonyl (C=O) groups is 3. The fourth-order valence-electron chi connectivity index (χ4n) is 3.02. The maximum atomic E-state index is 11.7. The molecule has 1 aromatic carbocycles. The Balaban J connectivity index is 2.27. The molecular weight excluding hydrogens is 471 g/mol. The first-order chi connectivity index (χ1) is 14.5. The number of hydrogen-bond acceptors (Lipinski definition) is 8. The quantitative estimate of drug-likeness (QED) is 0.361. The molecule has 0 bridgehead atoms. The number of ether oxygens (including phenoxy) is 4. The van der Waals surface area contributed by atoms with Gasteiger partial charge >= 0.3 is 17.9 Å². The van der Waals surface area contributed by atoms with E-state index in [1.54, 1.807) is 25.1 Å². The van der Waals surface area contributed by atoms with Gasteiger partial charge in [-0.15, -0.1) is 0 Å². The Bertz CT molecular complexity index is 870. The number of nitrogens with one attached hydrogen (secondary N) is 2. The standard InChI is InChI=1S/C19H22Cl2N2O7S/c1-8-15(28-9(2)24)16(29-10(3)25)17(30-11(4)26)18(27-8)23-19(31)22-13-7-5-6-12(20)14(13)21/h5-8,15-18H,1-4H3,(H2,22,23,31)/t8-,15-,16+,17+,18+/m0/s1. The fraction of sp³-hybridized carbons (Fsp3) is 0.474. The average Bonchev–Trinajstić information content (AvgIpc) is 2.64. The van der Waals surface area contributed by atoms with Gasteiger partial charge in [0.25, 0.3) is 0 Å². The number of anilines is 1. The van der Waals surface area contributed by atoms with Crippen molar-refractivity contribution in [2.75, 3.05) is 5.32 Å². The third-order valence-electron chi connectivity index (χ3n) is 4.15. The molecule has 0 radical (unpaired) electrons. The molecule has 170 valence electrons. The molecule has 1 saturated heterocycles. The van der Waals surface area contributed by atoms with Crippen LogP contribution in [0.4, 0.5) is 5.69 Å². The van der Waals surface area contributed by atoms with Gasteiger partial charge < -0.3 is 29.6 Å². The van der Waals surface area contributed by atoms with Crippen molar-refractivity contribution in [2.45, 2.75) is 58.3 Å². The zero-order chi connectivity index (χ0) is 23.3. The highest BCUT2D eigenvalue weighted by atomic mass is 35.5. The van der Waals surface area contributed by atoms with Crippen LogP contribution in [-0.2, 0) is 33.3 Å². The van der Waals surface area contributed by atoms with Crippen LogP contribution >= 0.6 is 35.4 Å². The molecule has 9 nitrogen and oxygen atoms in total. The van der Waals surface area contributed by atoms with E-state index in [1.165, 1.54) is 20.8 Å². The van der Waals surface area contributed by atoms with Crippen LogP contribution in [0.3, 0.4) is 0 Å². The van der Waals surface area contributed by atoms with Crippen molar-refractivity contribution in [1.82, 2.24) is 5.32 Å². The maximum absolute atomic E-state index is 11.7. The van der Waals surface area contributed by atoms with E-state index >= 15 is 0 Å². The second-order valence-electron chi connectivity index (χ2n) is 6.68. The molecule has 12 heteroatoms. The van der Waals surface area contributed by atoms with E-state index in [4.69, 9.17) is 54.4 Å². The summed E-state index contributed by atoms with van der Waals surface area (Å²) in [6.45, 7) is 5.19. The molecule has 0 saturated carbocycles. The third kappa shape index (κ3) is 6.93. The zero-order valence-corrected chi connectivity index (χ0v) is 19.5. The van der Waals surface area contributed by atoms with Gasteiger partial charge in [0.1, 0.15) is 0 Å². The monoisotopic (exact) mass is 492 g/mol. The van der Waals surface area contributed by atoms with Crippen LogP contribution in [0, 0.1) is 0 Å². The topological polar surface area (TPSA) is 112 Å². The van der Waals surface area contributed by atoms with Crippen molar-refractivity contribution in [3.05, 3.63) is 28.2 Å². The van der Waals surface area contributed by atoms with E-state index < -0.39 is 48.6 Å². The number of halogens is 2. The number of esters is 3. The summed E-state index contributed by atoms with van der Waals surface area (Å²) in [6.07, 6.45) is -5.07. The van der Waals surface area contributed by atoms with Crippen molar-refractivity contribution in [3.8, 4) is 0 Å². The number of rotatable bonds is 5. The molecular formula is C19H22Cl2N2O7S. The minimum atomic E-state index is -1.17. The molecule has 1 fully saturated rings. The number of thiocarbonyl (C=S) groups is 1. The predicted octanol–water partition coefficient (Wildman–Crippen LogP) is 2.82. The lowest BCUT2D eigenvalue weighted by Crippen LogP contribution is -2.65. The van der Waals surface area contributed by atoms with E-state index in [1.807, 2.05) is 0 Å². The van der Waals surface area contributed by atoms with E-state index in [9.17, 15) is 14.4 Å². The Hall–Kier alpha value is -2.14. The van der Waals surface area contributed by atoms with Crippen molar-refractivity contribution in [1.29, 1.82) is 0 Å². The van der Waals surface area contributed by atoms with E-state index in [0.717, 1.165) is 0 Å². The fourth-order valence-corrected chi connectivity index (χ4v) is 3.59. The van der Waals surface area contributed by atoms with Gasteiger partial charge in [-0.1, -0.05) is 29.3 Å². The lowest BCUT2D eigenvalue weighted by atomic mass is 9.98. The lowest BCUT2D eigenvalue weighted by Gasteiger charge is -2.44. The summed E-state index contributed by atoms with van der Waals surface area (Å²) in [7, 11) is 0. The summed E-state index contributed by atoms with van der Waals surface area (Å²) in [6, 6.07) is 4.96. The van der Waals surface area contributed by atoms with Gasteiger partial charge in [-0.3, -0.25) is 14.4 Å². The van der Waals surface area contributed by atoms with Crippen LogP contribution in [0.5, 0.6) is 0 Å². The highest BCUT2D eigenvalue weighted by Crippen LogP contribution is 2.30. The molecule has 1 heterocycles. The first kappa shape index (κ1) is 25.1. The summed E-state index contributed by atoms with van der Waals surface area (Å²) >= 11 is 17.5. The smallest absolute Gasteiger partial charge is 0.303 e. The van der Waals surface area contributed by atoms with Gasteiger partial charge in [-0.05, 0) is 31.3 Å². The molecule has 1 aliphatic heterocycles. The minimum absolute atomic E-state index is 0.0750. The Labute approximate surface area is 194 Å². The predicted molar refractivity (Wildman–Crippen MR) is 117 cm³/mol. The van der Waals surface area contributed by atoms with Gasteiger partial charge in [0.2, 0.25) is 0 Å². The highest BCUT2D eigenvalue weighted by Gasteiger charge is 2.50. The molecule has 2 N–H and O–H groups in total. The Kier molecular flexibility index (Phi) is 8.87. The van der Waals surface area contributed by atoms with Crippen molar-refractivity contribution >= 4 is 64.1 Å². The lowest BCUT2D eigenvalue weighted by molar-refractivity contribution is -0.246. The Morgan fingerprint density at radius 2 is 1.52 bits per heavy atom. The third-order valence-corrected chi connectivity index (χ3v) is 5.19. The molecule has 0 amide bonds. The van der Waals surface area contributed by atoms with E-state index in [-0.39, 0.29) is 10.1 Å². The van der Waals surface area contributed by atoms with E-state index in [2.05, 4.69) is 10.6 Å². The first-order valence-electron chi connectivity index (χ1n) is 9.18. The molecule has 5 atom stereocenters. The number of benzene rings is 1. The molecule has 0 unspecified atom stereocenters. The van der Waals surface area contributed by atoms with Crippen LogP contribution in [-0.4, -0.2) is 53.7 Å². The highest BCUT2D eigenvalue weighted by molar-refractivity contribution is 7.80.